The number of para-hydroxylation sites is 1. The molecule has 4 rings (SSSR count). The summed E-state index contributed by atoms with van der Waals surface area (Å²) in [5.74, 6) is -0.963. The van der Waals surface area contributed by atoms with Gasteiger partial charge in [-0.2, -0.15) is 0 Å². The van der Waals surface area contributed by atoms with Crippen molar-refractivity contribution in [3.8, 4) is 5.69 Å². The van der Waals surface area contributed by atoms with Crippen molar-refractivity contribution in [2.75, 3.05) is 0 Å². The van der Waals surface area contributed by atoms with E-state index in [9.17, 15) is 15.0 Å². The minimum atomic E-state index is -0.792. The highest BCUT2D eigenvalue weighted by atomic mass is 16.3. The molecule has 3 N–H and O–H groups in total. The molecule has 2 unspecified atom stereocenters. The Labute approximate surface area is 151 Å². The lowest BCUT2D eigenvalue weighted by Gasteiger charge is -2.46. The zero-order valence-electron chi connectivity index (χ0n) is 14.8. The third-order valence-electron chi connectivity index (χ3n) is 5.40. The number of hydrogen-bond acceptors (Lipinski definition) is 3. The molecule has 0 aliphatic heterocycles. The van der Waals surface area contributed by atoms with Gasteiger partial charge in [0.05, 0.1) is 17.9 Å². The highest BCUT2D eigenvalue weighted by molar-refractivity contribution is 5.39. The summed E-state index contributed by atoms with van der Waals surface area (Å²) in [5, 5.41) is 24.5. The summed E-state index contributed by atoms with van der Waals surface area (Å²) < 4.78 is 1.46. The predicted octanol–water partition coefficient (Wildman–Crippen LogP) is 2.39. The van der Waals surface area contributed by atoms with Gasteiger partial charge in [-0.1, -0.05) is 48.0 Å². The Bertz CT molecular complexity index is 963. The molecule has 1 aliphatic rings. The molecule has 0 amide bonds. The predicted molar refractivity (Wildman–Crippen MR) is 99.8 cm³/mol. The lowest BCUT2D eigenvalue weighted by molar-refractivity contribution is -0.0791. The second-order valence-electron chi connectivity index (χ2n) is 7.07. The smallest absolute Gasteiger partial charge is 0.275 e. The van der Waals surface area contributed by atoms with Crippen molar-refractivity contribution >= 4 is 0 Å². The molecule has 134 valence electrons. The second-order valence-corrected chi connectivity index (χ2v) is 7.07. The van der Waals surface area contributed by atoms with Gasteiger partial charge in [-0.25, -0.2) is 4.68 Å². The molecular formula is C21H22N2O3. The van der Waals surface area contributed by atoms with Crippen LogP contribution in [0.3, 0.4) is 0 Å². The third-order valence-corrected chi connectivity index (χ3v) is 5.40. The molecule has 0 saturated heterocycles. The van der Waals surface area contributed by atoms with Crippen LogP contribution in [-0.2, 0) is 0 Å². The Kier molecular flexibility index (Phi) is 4.05. The maximum absolute atomic E-state index is 12.9. The largest absolute Gasteiger partial charge is 0.392 e. The number of nitrogens with one attached hydrogen (secondary N) is 1. The normalized spacial score (nSPS) is 25.1. The van der Waals surface area contributed by atoms with Crippen molar-refractivity contribution in [1.82, 2.24) is 9.78 Å². The van der Waals surface area contributed by atoms with Crippen LogP contribution in [0.1, 0.15) is 34.2 Å². The van der Waals surface area contributed by atoms with Crippen molar-refractivity contribution in [2.45, 2.75) is 37.9 Å². The molecule has 1 saturated carbocycles. The summed E-state index contributed by atoms with van der Waals surface area (Å²) in [5.41, 5.74) is 3.65. The van der Waals surface area contributed by atoms with Gasteiger partial charge in [-0.05, 0) is 31.5 Å². The first-order valence-electron chi connectivity index (χ1n) is 8.78. The van der Waals surface area contributed by atoms with Gasteiger partial charge in [-0.15, -0.1) is 0 Å². The van der Waals surface area contributed by atoms with Crippen LogP contribution >= 0.6 is 0 Å². The van der Waals surface area contributed by atoms with Crippen LogP contribution in [-0.4, -0.2) is 32.2 Å². The number of hydrogen-bond donors (Lipinski definition) is 3. The van der Waals surface area contributed by atoms with Gasteiger partial charge in [0.15, 0.2) is 0 Å². The number of H-pyrrole nitrogens is 1. The Morgan fingerprint density at radius 3 is 2.12 bits per heavy atom. The number of aliphatic hydroxyl groups excluding tert-OH is 2. The highest BCUT2D eigenvalue weighted by Crippen LogP contribution is 2.47. The van der Waals surface area contributed by atoms with E-state index in [1.54, 1.807) is 6.92 Å². The van der Waals surface area contributed by atoms with Gasteiger partial charge in [0, 0.05) is 23.1 Å². The molecule has 0 radical (unpaired) electrons. The summed E-state index contributed by atoms with van der Waals surface area (Å²) in [4.78, 5) is 12.9. The lowest BCUT2D eigenvalue weighted by atomic mass is 9.63. The van der Waals surface area contributed by atoms with E-state index in [0.717, 1.165) is 16.8 Å². The zero-order valence-corrected chi connectivity index (χ0v) is 14.8. The van der Waals surface area contributed by atoms with Gasteiger partial charge in [-0.3, -0.25) is 9.89 Å². The van der Waals surface area contributed by atoms with Crippen molar-refractivity contribution in [3.05, 3.63) is 87.3 Å². The molecule has 5 heteroatoms. The molecular weight excluding hydrogens is 328 g/mol. The fraction of sp³-hybridized carbons (Fsp3) is 0.286. The SMILES string of the molecule is Cc1ccc(C2C(O)C(c3c(C)[nH]n(-c4ccccc4)c3=O)C2O)cc1. The molecule has 1 fully saturated rings. The quantitative estimate of drug-likeness (QED) is 0.679. The molecule has 3 aromatic rings. The zero-order chi connectivity index (χ0) is 18.4. The van der Waals surface area contributed by atoms with E-state index >= 15 is 0 Å². The molecule has 1 aliphatic carbocycles. The van der Waals surface area contributed by atoms with E-state index in [0.29, 0.717) is 11.3 Å². The molecule has 5 nitrogen and oxygen atoms in total. The van der Waals surface area contributed by atoms with Gasteiger partial charge < -0.3 is 10.2 Å². The number of rotatable bonds is 3. The van der Waals surface area contributed by atoms with Crippen molar-refractivity contribution in [3.63, 3.8) is 0 Å². The maximum atomic E-state index is 12.9. The molecule has 2 atom stereocenters. The summed E-state index contributed by atoms with van der Waals surface area (Å²) >= 11 is 0. The minimum absolute atomic E-state index is 0.223. The van der Waals surface area contributed by atoms with Gasteiger partial charge >= 0.3 is 0 Å². The summed E-state index contributed by atoms with van der Waals surface area (Å²) in [6.07, 6.45) is -1.58. The molecule has 0 bridgehead atoms. The Morgan fingerprint density at radius 1 is 0.885 bits per heavy atom. The Balaban J connectivity index is 1.68. The minimum Gasteiger partial charge on any atom is -0.392 e. The van der Waals surface area contributed by atoms with E-state index in [-0.39, 0.29) is 11.5 Å². The first kappa shape index (κ1) is 16.8. The average molecular weight is 350 g/mol. The Hall–Kier alpha value is -2.63. The van der Waals surface area contributed by atoms with E-state index in [4.69, 9.17) is 0 Å². The van der Waals surface area contributed by atoms with Crippen LogP contribution in [0.2, 0.25) is 0 Å². The fourth-order valence-corrected chi connectivity index (χ4v) is 3.94. The Morgan fingerprint density at radius 2 is 1.50 bits per heavy atom. The number of nitrogens with zero attached hydrogens (tertiary/aromatic N) is 1. The van der Waals surface area contributed by atoms with Crippen molar-refractivity contribution < 1.29 is 10.2 Å². The van der Waals surface area contributed by atoms with Crippen LogP contribution in [0.4, 0.5) is 0 Å². The first-order valence-corrected chi connectivity index (χ1v) is 8.78. The van der Waals surface area contributed by atoms with E-state index in [1.807, 2.05) is 61.5 Å². The summed E-state index contributed by atoms with van der Waals surface area (Å²) in [6, 6.07) is 17.1. The summed E-state index contributed by atoms with van der Waals surface area (Å²) in [7, 11) is 0. The topological polar surface area (TPSA) is 78.2 Å². The van der Waals surface area contributed by atoms with Gasteiger partial charge in [0.25, 0.3) is 5.56 Å². The monoisotopic (exact) mass is 350 g/mol. The maximum Gasteiger partial charge on any atom is 0.275 e. The molecule has 26 heavy (non-hydrogen) atoms. The van der Waals surface area contributed by atoms with E-state index < -0.39 is 18.1 Å². The first-order chi connectivity index (χ1) is 12.5. The van der Waals surface area contributed by atoms with Crippen molar-refractivity contribution in [2.24, 2.45) is 0 Å². The number of benzene rings is 2. The molecule has 2 aromatic carbocycles. The van der Waals surface area contributed by atoms with Crippen LogP contribution in [0.25, 0.3) is 5.69 Å². The number of aryl methyl sites for hydroxylation is 2. The standard InChI is InChI=1S/C21H22N2O3/c1-12-8-10-14(11-9-12)17-19(24)18(20(17)25)16-13(2)22-23(21(16)26)15-6-4-3-5-7-15/h3-11,17-20,22,24-25H,1-2H3. The number of aliphatic hydroxyl groups is 2. The number of aromatic amines is 1. The van der Waals surface area contributed by atoms with Crippen LogP contribution < -0.4 is 5.56 Å². The van der Waals surface area contributed by atoms with Crippen LogP contribution in [0.15, 0.2) is 59.4 Å². The lowest BCUT2D eigenvalue weighted by Crippen LogP contribution is -2.53. The molecule has 1 aromatic heterocycles. The molecule has 0 spiro atoms. The number of aromatic nitrogens is 2. The van der Waals surface area contributed by atoms with Crippen LogP contribution in [0, 0.1) is 13.8 Å². The van der Waals surface area contributed by atoms with E-state index in [2.05, 4.69) is 5.10 Å². The van der Waals surface area contributed by atoms with Crippen LogP contribution in [0.5, 0.6) is 0 Å². The molecule has 1 heterocycles. The summed E-state index contributed by atoms with van der Waals surface area (Å²) in [6.45, 7) is 3.80. The van der Waals surface area contributed by atoms with Gasteiger partial charge in [0.1, 0.15) is 0 Å². The fourth-order valence-electron chi connectivity index (χ4n) is 3.94. The highest BCUT2D eigenvalue weighted by Gasteiger charge is 2.52. The third kappa shape index (κ3) is 2.52. The van der Waals surface area contributed by atoms with Gasteiger partial charge in [0.2, 0.25) is 0 Å². The van der Waals surface area contributed by atoms with Crippen molar-refractivity contribution in [1.29, 1.82) is 0 Å². The average Bonchev–Trinajstić information content (AvgIpc) is 2.93. The van der Waals surface area contributed by atoms with E-state index in [1.165, 1.54) is 4.68 Å². The second kappa shape index (κ2) is 6.27.